The van der Waals surface area contributed by atoms with E-state index < -0.39 is 0 Å². The molecule has 0 saturated carbocycles. The van der Waals surface area contributed by atoms with Gasteiger partial charge in [0, 0.05) is 42.0 Å². The summed E-state index contributed by atoms with van der Waals surface area (Å²) in [5.74, 6) is 0.989. The number of fused-ring (bicyclic) bond motifs is 1. The molecule has 3 aromatic rings. The molecular weight excluding hydrogens is 236 g/mol. The molecule has 2 heterocycles. The zero-order chi connectivity index (χ0) is 13.4. The van der Waals surface area contributed by atoms with Crippen molar-refractivity contribution in [3.8, 4) is 11.3 Å². The minimum atomic E-state index is 0.510. The fourth-order valence-corrected chi connectivity index (χ4v) is 2.71. The highest BCUT2D eigenvalue weighted by Gasteiger charge is 2.16. The normalized spacial score (nSPS) is 11.3. The number of nitrogens with two attached hydrogens (primary N) is 1. The predicted molar refractivity (Wildman–Crippen MR) is 77.9 cm³/mol. The second kappa shape index (κ2) is 4.59. The summed E-state index contributed by atoms with van der Waals surface area (Å²) in [4.78, 5) is 0. The summed E-state index contributed by atoms with van der Waals surface area (Å²) in [6.45, 7) is 2.60. The number of aryl methyl sites for hydroxylation is 2. The van der Waals surface area contributed by atoms with E-state index in [-0.39, 0.29) is 0 Å². The third-order valence-electron chi connectivity index (χ3n) is 3.73. The monoisotopic (exact) mass is 254 g/mol. The Bertz CT molecular complexity index is 722. The Morgan fingerprint density at radius 3 is 2.74 bits per heavy atom. The van der Waals surface area contributed by atoms with Crippen LogP contribution >= 0.6 is 0 Å². The molecule has 3 rings (SSSR count). The highest BCUT2D eigenvalue weighted by atomic mass is 16.3. The molecule has 0 aliphatic rings. The van der Waals surface area contributed by atoms with Gasteiger partial charge in [0.15, 0.2) is 0 Å². The van der Waals surface area contributed by atoms with Crippen LogP contribution in [0.2, 0.25) is 0 Å². The number of rotatable bonds is 3. The molecule has 0 bridgehead atoms. The van der Waals surface area contributed by atoms with Crippen LogP contribution in [0.4, 0.5) is 0 Å². The van der Waals surface area contributed by atoms with E-state index in [0.29, 0.717) is 6.54 Å². The Labute approximate surface area is 112 Å². The second-order valence-electron chi connectivity index (χ2n) is 4.76. The van der Waals surface area contributed by atoms with Gasteiger partial charge in [0.25, 0.3) is 0 Å². The fourth-order valence-electron chi connectivity index (χ4n) is 2.71. The van der Waals surface area contributed by atoms with E-state index in [1.54, 1.807) is 0 Å². The maximum atomic E-state index is 5.88. The minimum Gasteiger partial charge on any atom is -0.468 e. The molecule has 0 radical (unpaired) electrons. The SMILES string of the molecule is CCc1occ(-c2cc3ccccc3n2C)c1CN. The van der Waals surface area contributed by atoms with Crippen molar-refractivity contribution in [1.29, 1.82) is 0 Å². The standard InChI is InChI=1S/C16H18N2O/c1-3-16-12(9-17)13(10-19-16)15-8-11-6-4-5-7-14(11)18(15)2/h4-8,10H,3,9,17H2,1-2H3. The van der Waals surface area contributed by atoms with Crippen LogP contribution in [0.3, 0.4) is 0 Å². The quantitative estimate of drug-likeness (QED) is 0.778. The second-order valence-corrected chi connectivity index (χ2v) is 4.76. The molecule has 1 aromatic carbocycles. The first-order chi connectivity index (χ1) is 9.26. The van der Waals surface area contributed by atoms with Crippen LogP contribution in [0.1, 0.15) is 18.2 Å². The number of benzene rings is 1. The van der Waals surface area contributed by atoms with Crippen molar-refractivity contribution in [2.24, 2.45) is 12.8 Å². The van der Waals surface area contributed by atoms with Gasteiger partial charge in [-0.15, -0.1) is 0 Å². The summed E-state index contributed by atoms with van der Waals surface area (Å²) in [6.07, 6.45) is 2.70. The van der Waals surface area contributed by atoms with Crippen molar-refractivity contribution in [3.05, 3.63) is 47.9 Å². The Balaban J connectivity index is 2.24. The van der Waals surface area contributed by atoms with E-state index in [0.717, 1.165) is 29.0 Å². The van der Waals surface area contributed by atoms with Crippen molar-refractivity contribution < 1.29 is 4.42 Å². The average molecular weight is 254 g/mol. The summed E-state index contributed by atoms with van der Waals surface area (Å²) in [7, 11) is 2.08. The average Bonchev–Trinajstić information content (AvgIpc) is 3.00. The molecule has 98 valence electrons. The highest BCUT2D eigenvalue weighted by molar-refractivity contribution is 5.87. The molecule has 2 aromatic heterocycles. The molecule has 0 fully saturated rings. The first-order valence-electron chi connectivity index (χ1n) is 6.60. The molecule has 2 N–H and O–H groups in total. The first-order valence-corrected chi connectivity index (χ1v) is 6.60. The van der Waals surface area contributed by atoms with Crippen LogP contribution in [-0.4, -0.2) is 4.57 Å². The number of hydrogen-bond acceptors (Lipinski definition) is 2. The predicted octanol–water partition coefficient (Wildman–Crippen LogP) is 3.46. The Morgan fingerprint density at radius 2 is 2.05 bits per heavy atom. The van der Waals surface area contributed by atoms with Crippen molar-refractivity contribution in [1.82, 2.24) is 4.57 Å². The molecule has 0 saturated heterocycles. The topological polar surface area (TPSA) is 44.1 Å². The molecule has 3 heteroatoms. The zero-order valence-corrected chi connectivity index (χ0v) is 11.3. The van der Waals surface area contributed by atoms with Gasteiger partial charge in [-0.3, -0.25) is 0 Å². The van der Waals surface area contributed by atoms with Crippen molar-refractivity contribution in [2.75, 3.05) is 0 Å². The molecule has 0 aliphatic heterocycles. The summed E-state index contributed by atoms with van der Waals surface area (Å²) in [6, 6.07) is 10.6. The van der Waals surface area contributed by atoms with E-state index in [4.69, 9.17) is 10.2 Å². The van der Waals surface area contributed by atoms with Crippen molar-refractivity contribution >= 4 is 10.9 Å². The van der Waals surface area contributed by atoms with Gasteiger partial charge in [0.05, 0.1) is 5.69 Å². The van der Waals surface area contributed by atoms with Gasteiger partial charge in [-0.25, -0.2) is 0 Å². The van der Waals surface area contributed by atoms with E-state index in [9.17, 15) is 0 Å². The van der Waals surface area contributed by atoms with Gasteiger partial charge in [-0.2, -0.15) is 0 Å². The molecule has 3 nitrogen and oxygen atoms in total. The van der Waals surface area contributed by atoms with Gasteiger partial charge < -0.3 is 14.7 Å². The summed E-state index contributed by atoms with van der Waals surface area (Å²) < 4.78 is 7.84. The third-order valence-corrected chi connectivity index (χ3v) is 3.73. The Hall–Kier alpha value is -2.00. The molecular formula is C16H18N2O. The van der Waals surface area contributed by atoms with E-state index >= 15 is 0 Å². The van der Waals surface area contributed by atoms with Crippen molar-refractivity contribution in [2.45, 2.75) is 19.9 Å². The van der Waals surface area contributed by atoms with Crippen molar-refractivity contribution in [3.63, 3.8) is 0 Å². The maximum absolute atomic E-state index is 5.88. The Morgan fingerprint density at radius 1 is 1.26 bits per heavy atom. The van der Waals surface area contributed by atoms with Crippen LogP contribution in [-0.2, 0) is 20.0 Å². The van der Waals surface area contributed by atoms with Gasteiger partial charge in [-0.1, -0.05) is 25.1 Å². The number of hydrogen-bond donors (Lipinski definition) is 1. The van der Waals surface area contributed by atoms with Crippen LogP contribution in [0.25, 0.3) is 22.2 Å². The zero-order valence-electron chi connectivity index (χ0n) is 11.3. The molecule has 0 atom stereocenters. The summed E-state index contributed by atoms with van der Waals surface area (Å²) >= 11 is 0. The highest BCUT2D eigenvalue weighted by Crippen LogP contribution is 2.32. The smallest absolute Gasteiger partial charge is 0.108 e. The van der Waals surface area contributed by atoms with E-state index in [1.165, 1.54) is 10.9 Å². The maximum Gasteiger partial charge on any atom is 0.108 e. The van der Waals surface area contributed by atoms with Crippen LogP contribution in [0, 0.1) is 0 Å². The van der Waals surface area contributed by atoms with Crippen LogP contribution < -0.4 is 5.73 Å². The summed E-state index contributed by atoms with van der Waals surface area (Å²) in [5, 5.41) is 1.24. The van der Waals surface area contributed by atoms with E-state index in [2.05, 4.69) is 48.9 Å². The molecule has 0 spiro atoms. The lowest BCUT2D eigenvalue weighted by atomic mass is 10.1. The lowest BCUT2D eigenvalue weighted by Crippen LogP contribution is -2.01. The number of furan rings is 1. The Kier molecular flexibility index (Phi) is 2.91. The minimum absolute atomic E-state index is 0.510. The number of para-hydroxylation sites is 1. The fraction of sp³-hybridized carbons (Fsp3) is 0.250. The molecule has 0 unspecified atom stereocenters. The lowest BCUT2D eigenvalue weighted by Gasteiger charge is -2.04. The molecule has 19 heavy (non-hydrogen) atoms. The van der Waals surface area contributed by atoms with Gasteiger partial charge in [0.2, 0.25) is 0 Å². The van der Waals surface area contributed by atoms with Gasteiger partial charge in [0.1, 0.15) is 12.0 Å². The lowest BCUT2D eigenvalue weighted by molar-refractivity contribution is 0.511. The summed E-state index contributed by atoms with van der Waals surface area (Å²) in [5.41, 5.74) is 10.5. The van der Waals surface area contributed by atoms with Crippen LogP contribution in [0.5, 0.6) is 0 Å². The first kappa shape index (κ1) is 12.1. The van der Waals surface area contributed by atoms with Crippen LogP contribution in [0.15, 0.2) is 41.0 Å². The number of nitrogens with zero attached hydrogens (tertiary/aromatic N) is 1. The van der Waals surface area contributed by atoms with E-state index in [1.807, 2.05) is 6.26 Å². The largest absolute Gasteiger partial charge is 0.468 e. The third kappa shape index (κ3) is 1.78. The number of aromatic nitrogens is 1. The molecule has 0 aliphatic carbocycles. The van der Waals surface area contributed by atoms with Gasteiger partial charge in [-0.05, 0) is 12.1 Å². The van der Waals surface area contributed by atoms with Gasteiger partial charge >= 0.3 is 0 Å². The molecule has 0 amide bonds.